The van der Waals surface area contributed by atoms with Crippen molar-refractivity contribution in [2.24, 2.45) is 0 Å². The molecule has 3 rings (SSSR count). The SMILES string of the molecule is CCCCOC(=O)c1ccc(N2C(=O)CC(SC(Nc3ccccc3)=C(C#N)C#N)C2=O)cc1. The first-order valence-electron chi connectivity index (χ1n) is 10.7. The smallest absolute Gasteiger partial charge is 0.338 e. The molecule has 1 N–H and O–H groups in total. The van der Waals surface area contributed by atoms with Crippen molar-refractivity contribution in [1.82, 2.24) is 0 Å². The number of benzene rings is 2. The van der Waals surface area contributed by atoms with E-state index in [0.717, 1.165) is 29.5 Å². The van der Waals surface area contributed by atoms with Gasteiger partial charge in [-0.2, -0.15) is 10.5 Å². The minimum Gasteiger partial charge on any atom is -0.462 e. The van der Waals surface area contributed by atoms with Crippen molar-refractivity contribution in [2.45, 2.75) is 31.4 Å². The fraction of sp³-hybridized carbons (Fsp3) is 0.240. The Kier molecular flexibility index (Phi) is 8.44. The van der Waals surface area contributed by atoms with E-state index in [1.165, 1.54) is 24.3 Å². The molecule has 34 heavy (non-hydrogen) atoms. The van der Waals surface area contributed by atoms with Crippen LogP contribution in [0.2, 0.25) is 0 Å². The summed E-state index contributed by atoms with van der Waals surface area (Å²) in [4.78, 5) is 38.9. The van der Waals surface area contributed by atoms with Crippen LogP contribution < -0.4 is 10.2 Å². The number of carbonyl (C=O) groups is 3. The van der Waals surface area contributed by atoms with E-state index in [9.17, 15) is 24.9 Å². The zero-order valence-corrected chi connectivity index (χ0v) is 19.3. The lowest BCUT2D eigenvalue weighted by atomic mass is 10.2. The number of nitrogens with zero attached hydrogens (tertiary/aromatic N) is 3. The molecule has 1 unspecified atom stereocenters. The first-order valence-corrected chi connectivity index (χ1v) is 11.5. The molecule has 0 aliphatic carbocycles. The van der Waals surface area contributed by atoms with Crippen LogP contribution in [0.25, 0.3) is 0 Å². The van der Waals surface area contributed by atoms with Gasteiger partial charge < -0.3 is 10.1 Å². The quantitative estimate of drug-likeness (QED) is 0.246. The second kappa shape index (κ2) is 11.7. The number of imide groups is 1. The Labute approximate surface area is 201 Å². The molecule has 1 saturated heterocycles. The molecule has 172 valence electrons. The van der Waals surface area contributed by atoms with Crippen LogP contribution in [0, 0.1) is 22.7 Å². The van der Waals surface area contributed by atoms with Gasteiger partial charge in [0.25, 0.3) is 0 Å². The van der Waals surface area contributed by atoms with Gasteiger partial charge in [0, 0.05) is 12.1 Å². The molecule has 0 spiro atoms. The monoisotopic (exact) mass is 474 g/mol. The van der Waals surface area contributed by atoms with Gasteiger partial charge in [0.15, 0.2) is 5.57 Å². The number of hydrogen-bond donors (Lipinski definition) is 1. The number of para-hydroxylation sites is 1. The van der Waals surface area contributed by atoms with Crippen LogP contribution >= 0.6 is 11.8 Å². The lowest BCUT2D eigenvalue weighted by Crippen LogP contribution is -2.31. The van der Waals surface area contributed by atoms with E-state index in [1.807, 2.05) is 25.1 Å². The summed E-state index contributed by atoms with van der Waals surface area (Å²) >= 11 is 0.971. The molecular weight excluding hydrogens is 452 g/mol. The summed E-state index contributed by atoms with van der Waals surface area (Å²) in [6, 6.07) is 18.7. The minimum absolute atomic E-state index is 0.0889. The first kappa shape index (κ1) is 24.6. The maximum absolute atomic E-state index is 13.1. The van der Waals surface area contributed by atoms with Crippen molar-refractivity contribution in [2.75, 3.05) is 16.8 Å². The van der Waals surface area contributed by atoms with Crippen LogP contribution in [-0.4, -0.2) is 29.6 Å². The number of amides is 2. The lowest BCUT2D eigenvalue weighted by Gasteiger charge is -2.16. The summed E-state index contributed by atoms with van der Waals surface area (Å²) in [5.41, 5.74) is 1.13. The van der Waals surface area contributed by atoms with Crippen molar-refractivity contribution < 1.29 is 19.1 Å². The number of hydrogen-bond acceptors (Lipinski definition) is 8. The number of carbonyl (C=O) groups excluding carboxylic acids is 3. The fourth-order valence-corrected chi connectivity index (χ4v) is 4.28. The summed E-state index contributed by atoms with van der Waals surface area (Å²) in [6.07, 6.45) is 1.59. The highest BCUT2D eigenvalue weighted by molar-refractivity contribution is 8.04. The van der Waals surface area contributed by atoms with Crippen LogP contribution in [0.3, 0.4) is 0 Å². The van der Waals surface area contributed by atoms with E-state index in [4.69, 9.17) is 4.74 Å². The highest BCUT2D eigenvalue weighted by Gasteiger charge is 2.41. The van der Waals surface area contributed by atoms with Crippen LogP contribution in [0.1, 0.15) is 36.5 Å². The summed E-state index contributed by atoms with van der Waals surface area (Å²) in [7, 11) is 0. The van der Waals surface area contributed by atoms with Crippen molar-refractivity contribution in [1.29, 1.82) is 10.5 Å². The van der Waals surface area contributed by atoms with E-state index in [2.05, 4.69) is 5.32 Å². The Morgan fingerprint density at radius 2 is 1.79 bits per heavy atom. The number of anilines is 2. The minimum atomic E-state index is -0.811. The fourth-order valence-electron chi connectivity index (χ4n) is 3.18. The molecule has 1 aliphatic heterocycles. The predicted octanol–water partition coefficient (Wildman–Crippen LogP) is 4.38. The maximum Gasteiger partial charge on any atom is 0.338 e. The normalized spacial score (nSPS) is 14.8. The van der Waals surface area contributed by atoms with Crippen LogP contribution in [0.15, 0.2) is 65.2 Å². The van der Waals surface area contributed by atoms with Crippen LogP contribution in [-0.2, 0) is 14.3 Å². The largest absolute Gasteiger partial charge is 0.462 e. The first-order chi connectivity index (χ1) is 16.5. The number of nitrogens with one attached hydrogen (secondary N) is 1. The maximum atomic E-state index is 13.1. The topological polar surface area (TPSA) is 123 Å². The number of rotatable bonds is 9. The number of esters is 1. The van der Waals surface area contributed by atoms with E-state index in [0.29, 0.717) is 23.5 Å². The lowest BCUT2D eigenvalue weighted by molar-refractivity contribution is -0.121. The Morgan fingerprint density at radius 1 is 1.12 bits per heavy atom. The third-order valence-corrected chi connectivity index (χ3v) is 6.13. The van der Waals surface area contributed by atoms with Crippen LogP contribution in [0.5, 0.6) is 0 Å². The van der Waals surface area contributed by atoms with E-state index in [-0.39, 0.29) is 17.0 Å². The Balaban J connectivity index is 1.75. The third kappa shape index (κ3) is 5.83. The van der Waals surface area contributed by atoms with Crippen molar-refractivity contribution in [3.8, 4) is 12.1 Å². The Hall–Kier alpha value is -4.08. The zero-order chi connectivity index (χ0) is 24.5. The number of thioether (sulfide) groups is 1. The number of unbranched alkanes of at least 4 members (excludes halogenated alkanes) is 1. The number of nitriles is 2. The van der Waals surface area contributed by atoms with Crippen molar-refractivity contribution in [3.05, 3.63) is 70.8 Å². The molecule has 2 aromatic carbocycles. The Morgan fingerprint density at radius 3 is 2.41 bits per heavy atom. The molecule has 2 amide bonds. The van der Waals surface area contributed by atoms with Gasteiger partial charge >= 0.3 is 5.97 Å². The molecule has 0 aromatic heterocycles. The van der Waals surface area contributed by atoms with Crippen molar-refractivity contribution in [3.63, 3.8) is 0 Å². The van der Waals surface area contributed by atoms with E-state index in [1.54, 1.807) is 24.3 Å². The zero-order valence-electron chi connectivity index (χ0n) is 18.5. The van der Waals surface area contributed by atoms with Crippen molar-refractivity contribution >= 4 is 40.9 Å². The van der Waals surface area contributed by atoms with Gasteiger partial charge in [0.2, 0.25) is 11.8 Å². The van der Waals surface area contributed by atoms with Gasteiger partial charge in [-0.1, -0.05) is 43.3 Å². The summed E-state index contributed by atoms with van der Waals surface area (Å²) < 4.78 is 5.17. The summed E-state index contributed by atoms with van der Waals surface area (Å²) in [5.74, 6) is -1.33. The highest BCUT2D eigenvalue weighted by atomic mass is 32.2. The number of ether oxygens (including phenoxy) is 1. The molecular formula is C25H22N4O4S. The third-order valence-electron chi connectivity index (χ3n) is 4.94. The molecule has 0 bridgehead atoms. The molecule has 1 atom stereocenters. The van der Waals surface area contributed by atoms with Gasteiger partial charge in [-0.05, 0) is 42.8 Å². The van der Waals surface area contributed by atoms with E-state index >= 15 is 0 Å². The molecule has 0 saturated carbocycles. The second-order valence-corrected chi connectivity index (χ2v) is 8.55. The van der Waals surface area contributed by atoms with Crippen LogP contribution in [0.4, 0.5) is 11.4 Å². The molecule has 2 aromatic rings. The predicted molar refractivity (Wildman–Crippen MR) is 128 cm³/mol. The van der Waals surface area contributed by atoms with Gasteiger partial charge in [0.1, 0.15) is 17.2 Å². The van der Waals surface area contributed by atoms with Gasteiger partial charge in [-0.15, -0.1) is 0 Å². The average molecular weight is 475 g/mol. The molecule has 1 fully saturated rings. The molecule has 9 heteroatoms. The van der Waals surface area contributed by atoms with Gasteiger partial charge in [0.05, 0.1) is 23.1 Å². The average Bonchev–Trinajstić information content (AvgIpc) is 3.13. The van der Waals surface area contributed by atoms with Gasteiger partial charge in [-0.25, -0.2) is 9.69 Å². The van der Waals surface area contributed by atoms with E-state index < -0.39 is 23.0 Å². The number of allylic oxidation sites excluding steroid dienone is 1. The summed E-state index contributed by atoms with van der Waals surface area (Å²) in [6.45, 7) is 2.33. The summed E-state index contributed by atoms with van der Waals surface area (Å²) in [5, 5.41) is 21.1. The highest BCUT2D eigenvalue weighted by Crippen LogP contribution is 2.35. The Bertz CT molecular complexity index is 1160. The standard InChI is InChI=1S/C25H22N4O4S/c1-2-3-13-33-25(32)17-9-11-20(12-10-17)29-22(30)14-21(24(29)31)34-23(18(15-26)16-27)28-19-7-5-4-6-8-19/h4-12,21,28H,2-3,13-14H2,1H3. The van der Waals surface area contributed by atoms with Gasteiger partial charge in [-0.3, -0.25) is 9.59 Å². The molecule has 0 radical (unpaired) electrons. The molecule has 8 nitrogen and oxygen atoms in total. The second-order valence-electron chi connectivity index (χ2n) is 7.33. The molecule has 1 heterocycles. The molecule has 1 aliphatic rings.